The Kier molecular flexibility index (Phi) is 9.67. The Morgan fingerprint density at radius 3 is 2.71 bits per heavy atom. The van der Waals surface area contributed by atoms with Gasteiger partial charge in [-0.2, -0.15) is 0 Å². The van der Waals surface area contributed by atoms with Crippen molar-refractivity contribution in [2.45, 2.75) is 110 Å². The van der Waals surface area contributed by atoms with E-state index in [1.54, 1.807) is 11.8 Å². The molecule has 3 rings (SSSR count). The van der Waals surface area contributed by atoms with E-state index in [2.05, 4.69) is 41.9 Å². The third-order valence-electron chi connectivity index (χ3n) is 8.73. The van der Waals surface area contributed by atoms with Crippen molar-refractivity contribution in [3.63, 3.8) is 0 Å². The van der Waals surface area contributed by atoms with Crippen molar-refractivity contribution in [1.29, 1.82) is 0 Å². The van der Waals surface area contributed by atoms with Crippen LogP contribution in [-0.2, 0) is 9.53 Å². The predicted molar refractivity (Wildman–Crippen MR) is 141 cm³/mol. The molecule has 5 atom stereocenters. The molecule has 0 saturated heterocycles. The normalized spacial score (nSPS) is 34.4. The minimum Gasteiger partial charge on any atom is -0.434 e. The van der Waals surface area contributed by atoms with E-state index in [4.69, 9.17) is 4.74 Å². The molecule has 3 aliphatic rings. The Hall–Kier alpha value is -0.910. The molecule has 2 N–H and O–H groups in total. The number of halogens is 1. The third-order valence-corrected chi connectivity index (χ3v) is 9.19. The molecule has 0 aromatic rings. The highest BCUT2D eigenvalue weighted by atomic mass is 79.9. The van der Waals surface area contributed by atoms with Crippen molar-refractivity contribution < 1.29 is 19.7 Å². The Morgan fingerprint density at radius 1 is 1.24 bits per heavy atom. The first-order valence-corrected chi connectivity index (χ1v) is 14.4. The number of aliphatic hydroxyl groups is 2. The summed E-state index contributed by atoms with van der Waals surface area (Å²) in [5, 5.41) is 20.5. The van der Waals surface area contributed by atoms with Gasteiger partial charge in [-0.1, -0.05) is 60.3 Å². The second-order valence-corrected chi connectivity index (χ2v) is 12.4. The van der Waals surface area contributed by atoms with E-state index in [-0.39, 0.29) is 17.4 Å². The van der Waals surface area contributed by atoms with E-state index in [9.17, 15) is 15.0 Å². The van der Waals surface area contributed by atoms with E-state index >= 15 is 0 Å². The maximum absolute atomic E-state index is 11.6. The summed E-state index contributed by atoms with van der Waals surface area (Å²) in [6.07, 6.45) is 17.3. The lowest BCUT2D eigenvalue weighted by Crippen LogP contribution is -2.36. The summed E-state index contributed by atoms with van der Waals surface area (Å²) in [6, 6.07) is 0. The Morgan fingerprint density at radius 2 is 2.00 bits per heavy atom. The minimum absolute atomic E-state index is 0.181. The number of esters is 1. The van der Waals surface area contributed by atoms with Gasteiger partial charge in [0.2, 0.25) is 0 Å². The molecule has 3 fully saturated rings. The van der Waals surface area contributed by atoms with Gasteiger partial charge in [-0.3, -0.25) is 4.79 Å². The molecule has 3 saturated carbocycles. The fourth-order valence-electron chi connectivity index (χ4n) is 6.93. The second-order valence-electron chi connectivity index (χ2n) is 11.9. The fraction of sp³-hybridized carbons (Fsp3) is 0.759. The number of fused-ring (bicyclic) bond motifs is 1. The summed E-state index contributed by atoms with van der Waals surface area (Å²) in [5.41, 5.74) is 3.47. The molecule has 0 aromatic heterocycles. The third kappa shape index (κ3) is 7.07. The molecule has 0 amide bonds. The number of alkyl halides is 1. The SMILES string of the molecule is C[C@H](CCCC(C)(C)O)[C@H]1CC[C@H]2/C(=C/C=C3/C[C@@H](O)CC/C3=C\OC(=O)CBr)CCC[C@]12C. The molecule has 0 heterocycles. The van der Waals surface area contributed by atoms with Crippen LogP contribution < -0.4 is 0 Å². The smallest absolute Gasteiger partial charge is 0.321 e. The van der Waals surface area contributed by atoms with E-state index in [1.807, 2.05) is 13.8 Å². The fourth-order valence-corrected chi connectivity index (χ4v) is 7.06. The van der Waals surface area contributed by atoms with Gasteiger partial charge in [-0.25, -0.2) is 0 Å². The van der Waals surface area contributed by atoms with Crippen LogP contribution in [0.15, 0.2) is 35.1 Å². The largest absolute Gasteiger partial charge is 0.434 e. The lowest BCUT2D eigenvalue weighted by atomic mass is 9.60. The topological polar surface area (TPSA) is 66.8 Å². The maximum Gasteiger partial charge on any atom is 0.321 e. The Balaban J connectivity index is 1.73. The predicted octanol–water partition coefficient (Wildman–Crippen LogP) is 7.00. The monoisotopic (exact) mass is 536 g/mol. The van der Waals surface area contributed by atoms with Crippen molar-refractivity contribution >= 4 is 21.9 Å². The van der Waals surface area contributed by atoms with Crippen LogP contribution in [0, 0.1) is 23.2 Å². The van der Waals surface area contributed by atoms with Crippen LogP contribution in [0.25, 0.3) is 0 Å². The number of hydrogen-bond acceptors (Lipinski definition) is 4. The Labute approximate surface area is 215 Å². The van der Waals surface area contributed by atoms with Crippen LogP contribution >= 0.6 is 15.9 Å². The minimum atomic E-state index is -0.567. The van der Waals surface area contributed by atoms with E-state index in [0.29, 0.717) is 30.1 Å². The maximum atomic E-state index is 11.6. The standard InChI is InChI=1S/C29H45BrO4/c1-20(7-5-15-28(2,3)33)25-13-14-26-21(8-6-16-29(25,26)4)9-10-22-17-24(31)12-11-23(22)19-34-27(32)18-30/h9-10,19-20,24-26,31,33H,5-8,11-18H2,1-4H3/b21-9+,22-10-,23-19+/t20-,24+,25-,26+,29-/m1/s1. The molecule has 0 bridgehead atoms. The quantitative estimate of drug-likeness (QED) is 0.199. The molecule has 5 heteroatoms. The number of aliphatic hydroxyl groups excluding tert-OH is 1. The molecular weight excluding hydrogens is 492 g/mol. The second kappa shape index (κ2) is 11.9. The summed E-state index contributed by atoms with van der Waals surface area (Å²) in [4.78, 5) is 11.6. The summed E-state index contributed by atoms with van der Waals surface area (Å²) in [6.45, 7) is 8.78. The summed E-state index contributed by atoms with van der Waals surface area (Å²) < 4.78 is 5.26. The first-order chi connectivity index (χ1) is 16.0. The highest BCUT2D eigenvalue weighted by molar-refractivity contribution is 9.09. The van der Waals surface area contributed by atoms with E-state index in [0.717, 1.165) is 42.7 Å². The van der Waals surface area contributed by atoms with Gasteiger partial charge in [0, 0.05) is 0 Å². The molecule has 0 aromatic carbocycles. The lowest BCUT2D eigenvalue weighted by Gasteiger charge is -2.44. The molecule has 192 valence electrons. The zero-order valence-corrected chi connectivity index (χ0v) is 23.2. The number of rotatable bonds is 8. The average Bonchev–Trinajstić information content (AvgIpc) is 3.13. The van der Waals surface area contributed by atoms with Crippen molar-refractivity contribution in [3.8, 4) is 0 Å². The molecule has 4 nitrogen and oxygen atoms in total. The molecule has 34 heavy (non-hydrogen) atoms. The van der Waals surface area contributed by atoms with Crippen molar-refractivity contribution in [3.05, 3.63) is 35.1 Å². The van der Waals surface area contributed by atoms with Crippen LogP contribution in [0.1, 0.15) is 98.3 Å². The van der Waals surface area contributed by atoms with Gasteiger partial charge in [-0.15, -0.1) is 0 Å². The van der Waals surface area contributed by atoms with Gasteiger partial charge in [-0.05, 0) is 106 Å². The van der Waals surface area contributed by atoms with Gasteiger partial charge in [0.15, 0.2) is 0 Å². The van der Waals surface area contributed by atoms with Gasteiger partial charge >= 0.3 is 5.97 Å². The van der Waals surface area contributed by atoms with Crippen LogP contribution in [0.2, 0.25) is 0 Å². The number of allylic oxidation sites excluding steroid dienone is 4. The van der Waals surface area contributed by atoms with Crippen LogP contribution in [-0.4, -0.2) is 33.2 Å². The molecule has 0 radical (unpaired) electrons. The molecular formula is C29H45BrO4. The molecule has 0 spiro atoms. The number of carbonyl (C=O) groups excluding carboxylic acids is 1. The van der Waals surface area contributed by atoms with Crippen molar-refractivity contribution in [2.24, 2.45) is 23.2 Å². The number of hydrogen-bond donors (Lipinski definition) is 2. The number of ether oxygens (including phenoxy) is 1. The zero-order chi connectivity index (χ0) is 24.9. The van der Waals surface area contributed by atoms with E-state index < -0.39 is 5.60 Å². The van der Waals surface area contributed by atoms with Gasteiger partial charge < -0.3 is 14.9 Å². The summed E-state index contributed by atoms with van der Waals surface area (Å²) in [5.74, 6) is 1.76. The highest BCUT2D eigenvalue weighted by Crippen LogP contribution is 2.60. The van der Waals surface area contributed by atoms with Gasteiger partial charge in [0.05, 0.1) is 18.0 Å². The summed E-state index contributed by atoms with van der Waals surface area (Å²) in [7, 11) is 0. The number of carbonyl (C=O) groups is 1. The molecule has 3 aliphatic carbocycles. The first-order valence-electron chi connectivity index (χ1n) is 13.3. The van der Waals surface area contributed by atoms with Gasteiger partial charge in [0.25, 0.3) is 0 Å². The molecule has 0 unspecified atom stereocenters. The van der Waals surface area contributed by atoms with Crippen LogP contribution in [0.3, 0.4) is 0 Å². The van der Waals surface area contributed by atoms with Crippen molar-refractivity contribution in [1.82, 2.24) is 0 Å². The first kappa shape index (κ1) is 27.7. The lowest BCUT2D eigenvalue weighted by molar-refractivity contribution is -0.134. The average molecular weight is 538 g/mol. The molecule has 0 aliphatic heterocycles. The highest BCUT2D eigenvalue weighted by Gasteiger charge is 2.50. The van der Waals surface area contributed by atoms with Crippen molar-refractivity contribution in [2.75, 3.05) is 5.33 Å². The Bertz CT molecular complexity index is 805. The van der Waals surface area contributed by atoms with Crippen LogP contribution in [0.4, 0.5) is 0 Å². The van der Waals surface area contributed by atoms with Crippen LogP contribution in [0.5, 0.6) is 0 Å². The van der Waals surface area contributed by atoms with E-state index in [1.165, 1.54) is 32.1 Å². The van der Waals surface area contributed by atoms with Gasteiger partial charge in [0.1, 0.15) is 5.33 Å². The summed E-state index contributed by atoms with van der Waals surface area (Å²) >= 11 is 3.14. The zero-order valence-electron chi connectivity index (χ0n) is 21.6.